The lowest BCUT2D eigenvalue weighted by molar-refractivity contribution is 0.308. The Labute approximate surface area is 196 Å². The first kappa shape index (κ1) is 20.9. The molecular weight excluding hydrogens is 440 g/mol. The summed E-state index contributed by atoms with van der Waals surface area (Å²) in [6, 6.07) is 14.0. The number of thiocarbonyl (C=S) groups is 1. The number of hydrogen-bond donors (Lipinski definition) is 1. The van der Waals surface area contributed by atoms with Crippen molar-refractivity contribution in [1.29, 1.82) is 0 Å². The number of likely N-dealkylation sites (tertiary alicyclic amines) is 1. The van der Waals surface area contributed by atoms with Crippen LogP contribution in [0.3, 0.4) is 0 Å². The monoisotopic (exact) mass is 464 g/mol. The van der Waals surface area contributed by atoms with Crippen molar-refractivity contribution in [2.75, 3.05) is 13.1 Å². The van der Waals surface area contributed by atoms with Crippen LogP contribution in [0.4, 0.5) is 0 Å². The van der Waals surface area contributed by atoms with Crippen molar-refractivity contribution in [3.63, 3.8) is 0 Å². The van der Waals surface area contributed by atoms with Gasteiger partial charge in [-0.15, -0.1) is 11.3 Å². The molecule has 0 unspecified atom stereocenters. The Kier molecular flexibility index (Phi) is 6.05. The van der Waals surface area contributed by atoms with Gasteiger partial charge in [0, 0.05) is 30.0 Å². The number of rotatable bonds is 5. The molecule has 1 N–H and O–H groups in total. The van der Waals surface area contributed by atoms with E-state index in [0.29, 0.717) is 12.5 Å². The summed E-state index contributed by atoms with van der Waals surface area (Å²) in [6.45, 7) is 4.41. The van der Waals surface area contributed by atoms with Gasteiger partial charge in [-0.3, -0.25) is 0 Å². The lowest BCUT2D eigenvalue weighted by atomic mass is 9.97. The lowest BCUT2D eigenvalue weighted by Gasteiger charge is -2.33. The Balaban J connectivity index is 1.24. The SMILES string of the molecule is Cc1onc(-c2ccccc2)c1-c1csc(C2CCN(C(=S)NCc3ccco3)CC2)n1. The van der Waals surface area contributed by atoms with Crippen LogP contribution >= 0.6 is 23.6 Å². The molecular formula is C24H24N4O2S2. The predicted molar refractivity (Wildman–Crippen MR) is 129 cm³/mol. The van der Waals surface area contributed by atoms with Gasteiger partial charge in [0.15, 0.2) is 5.11 Å². The number of aryl methyl sites for hydroxylation is 1. The van der Waals surface area contributed by atoms with Crippen LogP contribution in [-0.2, 0) is 6.54 Å². The molecule has 0 aliphatic carbocycles. The van der Waals surface area contributed by atoms with Gasteiger partial charge in [-0.1, -0.05) is 35.5 Å². The fourth-order valence-electron chi connectivity index (χ4n) is 4.07. The van der Waals surface area contributed by atoms with E-state index in [-0.39, 0.29) is 0 Å². The van der Waals surface area contributed by atoms with E-state index in [1.807, 2.05) is 49.4 Å². The van der Waals surface area contributed by atoms with E-state index in [1.165, 1.54) is 5.01 Å². The zero-order valence-corrected chi connectivity index (χ0v) is 19.4. The Hall–Kier alpha value is -2.97. The number of hydrogen-bond acceptors (Lipinski definition) is 6. The standard InChI is InChI=1S/C24H24N4O2S2/c1-16-21(22(27-30-16)17-6-3-2-4-7-17)20-15-32-23(26-20)18-9-11-28(12-10-18)24(31)25-14-19-8-5-13-29-19/h2-8,13,15,18H,9-12,14H2,1H3,(H,25,31). The quantitative estimate of drug-likeness (QED) is 0.384. The highest BCUT2D eigenvalue weighted by Gasteiger charge is 2.26. The minimum Gasteiger partial charge on any atom is -0.467 e. The zero-order chi connectivity index (χ0) is 21.9. The molecule has 1 aliphatic rings. The van der Waals surface area contributed by atoms with Crippen LogP contribution in [0.25, 0.3) is 22.5 Å². The van der Waals surface area contributed by atoms with Crippen LogP contribution in [0.5, 0.6) is 0 Å². The molecule has 0 bridgehead atoms. The van der Waals surface area contributed by atoms with Crippen LogP contribution in [0.15, 0.2) is 63.0 Å². The topological polar surface area (TPSA) is 67.3 Å². The van der Waals surface area contributed by atoms with Crippen molar-refractivity contribution in [3.8, 4) is 22.5 Å². The Bertz CT molecular complexity index is 1180. The average molecular weight is 465 g/mol. The highest BCUT2D eigenvalue weighted by molar-refractivity contribution is 7.80. The minimum atomic E-state index is 0.443. The van der Waals surface area contributed by atoms with Gasteiger partial charge in [0.25, 0.3) is 0 Å². The molecule has 1 aliphatic heterocycles. The molecule has 0 amide bonds. The largest absolute Gasteiger partial charge is 0.467 e. The first-order chi connectivity index (χ1) is 15.7. The van der Waals surface area contributed by atoms with Crippen LogP contribution in [0.1, 0.15) is 35.3 Å². The molecule has 8 heteroatoms. The molecule has 32 heavy (non-hydrogen) atoms. The van der Waals surface area contributed by atoms with Gasteiger partial charge >= 0.3 is 0 Å². The number of piperidine rings is 1. The fourth-order valence-corrected chi connectivity index (χ4v) is 5.31. The molecule has 5 rings (SSSR count). The van der Waals surface area contributed by atoms with Crippen LogP contribution in [0, 0.1) is 6.92 Å². The van der Waals surface area contributed by atoms with Crippen molar-refractivity contribution in [1.82, 2.24) is 20.4 Å². The summed E-state index contributed by atoms with van der Waals surface area (Å²) in [5, 5.41) is 11.7. The summed E-state index contributed by atoms with van der Waals surface area (Å²) >= 11 is 7.30. The molecule has 6 nitrogen and oxygen atoms in total. The van der Waals surface area contributed by atoms with E-state index in [1.54, 1.807) is 17.6 Å². The molecule has 1 aromatic carbocycles. The molecule has 0 atom stereocenters. The highest BCUT2D eigenvalue weighted by atomic mass is 32.1. The molecule has 1 saturated heterocycles. The number of benzene rings is 1. The molecule has 1 fully saturated rings. The summed E-state index contributed by atoms with van der Waals surface area (Å²) < 4.78 is 10.9. The van der Waals surface area contributed by atoms with Gasteiger partial charge < -0.3 is 19.2 Å². The third-order valence-electron chi connectivity index (χ3n) is 5.81. The highest BCUT2D eigenvalue weighted by Crippen LogP contribution is 2.37. The van der Waals surface area contributed by atoms with Gasteiger partial charge in [0.1, 0.15) is 17.2 Å². The number of thiazole rings is 1. The van der Waals surface area contributed by atoms with Crippen molar-refractivity contribution in [2.24, 2.45) is 0 Å². The van der Waals surface area contributed by atoms with Crippen LogP contribution in [-0.4, -0.2) is 33.2 Å². The molecule has 0 saturated carbocycles. The maximum Gasteiger partial charge on any atom is 0.169 e. The van der Waals surface area contributed by atoms with Gasteiger partial charge in [-0.2, -0.15) is 0 Å². The third-order valence-corrected chi connectivity index (χ3v) is 7.22. The molecule has 0 radical (unpaired) electrons. The normalized spacial score (nSPS) is 14.6. The van der Waals surface area contributed by atoms with E-state index in [2.05, 4.69) is 20.8 Å². The number of furan rings is 1. The fraction of sp³-hybridized carbons (Fsp3) is 0.292. The van der Waals surface area contributed by atoms with Gasteiger partial charge in [-0.25, -0.2) is 4.98 Å². The van der Waals surface area contributed by atoms with Crippen molar-refractivity contribution in [2.45, 2.75) is 32.2 Å². The summed E-state index contributed by atoms with van der Waals surface area (Å²) in [5.41, 5.74) is 3.82. The maximum atomic E-state index is 5.58. The molecule has 3 aromatic heterocycles. The predicted octanol–water partition coefficient (Wildman–Crippen LogP) is 5.62. The van der Waals surface area contributed by atoms with E-state index in [4.69, 9.17) is 26.1 Å². The van der Waals surface area contributed by atoms with Gasteiger partial charge in [-0.05, 0) is 44.1 Å². The van der Waals surface area contributed by atoms with E-state index in [9.17, 15) is 0 Å². The second-order valence-electron chi connectivity index (χ2n) is 7.90. The van der Waals surface area contributed by atoms with Crippen LogP contribution in [0.2, 0.25) is 0 Å². The zero-order valence-electron chi connectivity index (χ0n) is 17.8. The van der Waals surface area contributed by atoms with Gasteiger partial charge in [0.05, 0.1) is 29.1 Å². The Morgan fingerprint density at radius 3 is 2.75 bits per heavy atom. The Morgan fingerprint density at radius 1 is 1.19 bits per heavy atom. The van der Waals surface area contributed by atoms with E-state index >= 15 is 0 Å². The first-order valence-corrected chi connectivity index (χ1v) is 12.0. The number of nitrogens with one attached hydrogen (secondary N) is 1. The summed E-state index contributed by atoms with van der Waals surface area (Å²) in [5.74, 6) is 2.12. The molecule has 0 spiro atoms. The molecule has 164 valence electrons. The van der Waals surface area contributed by atoms with Crippen molar-refractivity contribution in [3.05, 3.63) is 70.6 Å². The van der Waals surface area contributed by atoms with Crippen LogP contribution < -0.4 is 5.32 Å². The minimum absolute atomic E-state index is 0.443. The third kappa shape index (κ3) is 4.33. The molecule has 4 aromatic rings. The summed E-state index contributed by atoms with van der Waals surface area (Å²) in [6.07, 6.45) is 3.74. The second-order valence-corrected chi connectivity index (χ2v) is 9.18. The average Bonchev–Trinajstić information content (AvgIpc) is 3.59. The summed E-state index contributed by atoms with van der Waals surface area (Å²) in [4.78, 5) is 7.24. The second kappa shape index (κ2) is 9.26. The Morgan fingerprint density at radius 2 is 2.00 bits per heavy atom. The number of nitrogens with zero attached hydrogens (tertiary/aromatic N) is 3. The van der Waals surface area contributed by atoms with Crippen molar-refractivity contribution >= 4 is 28.7 Å². The number of aromatic nitrogens is 2. The first-order valence-electron chi connectivity index (χ1n) is 10.7. The van der Waals surface area contributed by atoms with E-state index in [0.717, 1.165) is 65.1 Å². The van der Waals surface area contributed by atoms with Gasteiger partial charge in [0.2, 0.25) is 0 Å². The van der Waals surface area contributed by atoms with E-state index < -0.39 is 0 Å². The maximum absolute atomic E-state index is 5.58. The van der Waals surface area contributed by atoms with Crippen molar-refractivity contribution < 1.29 is 8.94 Å². The summed E-state index contributed by atoms with van der Waals surface area (Å²) in [7, 11) is 0. The molecule has 4 heterocycles. The smallest absolute Gasteiger partial charge is 0.169 e. The lowest BCUT2D eigenvalue weighted by Crippen LogP contribution is -2.43.